The third-order valence-corrected chi connectivity index (χ3v) is 3.80. The summed E-state index contributed by atoms with van der Waals surface area (Å²) in [5, 5.41) is 13.7. The van der Waals surface area contributed by atoms with E-state index in [2.05, 4.69) is 10.1 Å². The molecule has 1 aliphatic rings. The second kappa shape index (κ2) is 5.20. The largest absolute Gasteiger partial charge is 0.480 e. The Morgan fingerprint density at radius 2 is 2.05 bits per heavy atom. The van der Waals surface area contributed by atoms with Crippen molar-refractivity contribution in [3.63, 3.8) is 0 Å². The maximum absolute atomic E-state index is 11.3. The van der Waals surface area contributed by atoms with Gasteiger partial charge in [-0.05, 0) is 37.1 Å². The zero-order chi connectivity index (χ0) is 15.0. The van der Waals surface area contributed by atoms with Crippen LogP contribution in [0.2, 0.25) is 0 Å². The van der Waals surface area contributed by atoms with Crippen molar-refractivity contribution in [1.29, 1.82) is 0 Å². The number of rotatable bonds is 3. The first-order chi connectivity index (χ1) is 10.1. The summed E-state index contributed by atoms with van der Waals surface area (Å²) in [6.07, 6.45) is 2.24. The number of fused-ring (bicyclic) bond motifs is 1. The topological polar surface area (TPSA) is 71.2 Å². The molecule has 1 unspecified atom stereocenters. The SMILES string of the molecule is CN(C)c1ccc(-c2nc3n(n2)C(C(=O)O)CCC3)cc1. The summed E-state index contributed by atoms with van der Waals surface area (Å²) in [4.78, 5) is 17.8. The molecule has 0 bridgehead atoms. The summed E-state index contributed by atoms with van der Waals surface area (Å²) in [5.74, 6) is 0.527. The number of nitrogens with zero attached hydrogens (tertiary/aromatic N) is 4. The molecule has 21 heavy (non-hydrogen) atoms. The Morgan fingerprint density at radius 3 is 2.67 bits per heavy atom. The van der Waals surface area contributed by atoms with Crippen molar-refractivity contribution in [3.05, 3.63) is 30.1 Å². The van der Waals surface area contributed by atoms with Gasteiger partial charge in [-0.1, -0.05) is 0 Å². The van der Waals surface area contributed by atoms with Crippen LogP contribution >= 0.6 is 0 Å². The van der Waals surface area contributed by atoms with Gasteiger partial charge in [-0.2, -0.15) is 0 Å². The van der Waals surface area contributed by atoms with Gasteiger partial charge >= 0.3 is 5.97 Å². The third-order valence-electron chi connectivity index (χ3n) is 3.80. The van der Waals surface area contributed by atoms with E-state index in [9.17, 15) is 9.90 Å². The van der Waals surface area contributed by atoms with Crippen molar-refractivity contribution in [2.75, 3.05) is 19.0 Å². The molecule has 2 aromatic rings. The van der Waals surface area contributed by atoms with Gasteiger partial charge in [-0.25, -0.2) is 14.5 Å². The molecule has 0 fully saturated rings. The maximum atomic E-state index is 11.3. The molecule has 6 nitrogen and oxygen atoms in total. The number of carbonyl (C=O) groups is 1. The van der Waals surface area contributed by atoms with Crippen LogP contribution in [-0.2, 0) is 11.2 Å². The zero-order valence-electron chi connectivity index (χ0n) is 12.2. The Hall–Kier alpha value is -2.37. The van der Waals surface area contributed by atoms with Gasteiger partial charge in [0.15, 0.2) is 11.9 Å². The first-order valence-electron chi connectivity index (χ1n) is 7.02. The van der Waals surface area contributed by atoms with Crippen molar-refractivity contribution in [1.82, 2.24) is 14.8 Å². The Balaban J connectivity index is 1.95. The quantitative estimate of drug-likeness (QED) is 0.934. The molecule has 110 valence electrons. The van der Waals surface area contributed by atoms with Gasteiger partial charge in [0.1, 0.15) is 5.82 Å². The minimum atomic E-state index is -0.838. The molecule has 1 aromatic carbocycles. The Labute approximate surface area is 123 Å². The summed E-state index contributed by atoms with van der Waals surface area (Å²) >= 11 is 0. The summed E-state index contributed by atoms with van der Waals surface area (Å²) < 4.78 is 1.57. The van der Waals surface area contributed by atoms with Crippen molar-refractivity contribution >= 4 is 11.7 Å². The van der Waals surface area contributed by atoms with E-state index >= 15 is 0 Å². The van der Waals surface area contributed by atoms with Gasteiger partial charge < -0.3 is 10.0 Å². The summed E-state index contributed by atoms with van der Waals surface area (Å²) in [6.45, 7) is 0. The highest BCUT2D eigenvalue weighted by atomic mass is 16.4. The van der Waals surface area contributed by atoms with E-state index in [0.29, 0.717) is 12.2 Å². The predicted octanol–water partition coefficient (Wildman–Crippen LogP) is 1.97. The van der Waals surface area contributed by atoms with Crippen LogP contribution in [0.5, 0.6) is 0 Å². The highest BCUT2D eigenvalue weighted by molar-refractivity contribution is 5.72. The van der Waals surface area contributed by atoms with Gasteiger partial charge in [0.05, 0.1) is 0 Å². The smallest absolute Gasteiger partial charge is 0.328 e. The van der Waals surface area contributed by atoms with Crippen molar-refractivity contribution in [2.24, 2.45) is 0 Å². The number of aryl methyl sites for hydroxylation is 1. The molecule has 0 radical (unpaired) electrons. The van der Waals surface area contributed by atoms with Gasteiger partial charge in [0.2, 0.25) is 0 Å². The normalized spacial score (nSPS) is 17.3. The molecular formula is C15H18N4O2. The summed E-state index contributed by atoms with van der Waals surface area (Å²) in [7, 11) is 3.97. The molecule has 0 amide bonds. The predicted molar refractivity (Wildman–Crippen MR) is 79.4 cm³/mol. The monoisotopic (exact) mass is 286 g/mol. The van der Waals surface area contributed by atoms with Crippen molar-refractivity contribution in [2.45, 2.75) is 25.3 Å². The van der Waals surface area contributed by atoms with Crippen LogP contribution in [0.15, 0.2) is 24.3 Å². The van der Waals surface area contributed by atoms with Crippen LogP contribution in [0.3, 0.4) is 0 Å². The fraction of sp³-hybridized carbons (Fsp3) is 0.400. The summed E-state index contributed by atoms with van der Waals surface area (Å²) in [6, 6.07) is 7.35. The lowest BCUT2D eigenvalue weighted by Gasteiger charge is -2.19. The molecular weight excluding hydrogens is 268 g/mol. The molecule has 2 heterocycles. The number of carboxylic acid groups (broad SMARTS) is 1. The second-order valence-electron chi connectivity index (χ2n) is 5.48. The van der Waals surface area contributed by atoms with E-state index < -0.39 is 12.0 Å². The fourth-order valence-corrected chi connectivity index (χ4v) is 2.61. The van der Waals surface area contributed by atoms with E-state index in [4.69, 9.17) is 0 Å². The van der Waals surface area contributed by atoms with Gasteiger partial charge in [-0.15, -0.1) is 5.10 Å². The van der Waals surface area contributed by atoms with Gasteiger partial charge in [0, 0.05) is 31.8 Å². The number of benzene rings is 1. The molecule has 0 aliphatic carbocycles. The van der Waals surface area contributed by atoms with E-state index in [-0.39, 0.29) is 0 Å². The summed E-state index contributed by atoms with van der Waals surface area (Å²) in [5.41, 5.74) is 2.01. The average molecular weight is 286 g/mol. The fourth-order valence-electron chi connectivity index (χ4n) is 2.61. The highest BCUT2D eigenvalue weighted by Gasteiger charge is 2.28. The lowest BCUT2D eigenvalue weighted by Crippen LogP contribution is -2.25. The molecule has 0 saturated heterocycles. The Kier molecular flexibility index (Phi) is 3.37. The minimum absolute atomic E-state index is 0.587. The first-order valence-corrected chi connectivity index (χ1v) is 7.02. The standard InChI is InChI=1S/C15H18N4O2/c1-18(2)11-8-6-10(7-9-11)14-16-13-5-3-4-12(15(20)21)19(13)17-14/h6-9,12H,3-5H2,1-2H3,(H,20,21). The molecule has 1 atom stereocenters. The van der Waals surface area contributed by atoms with Crippen LogP contribution in [0.1, 0.15) is 24.7 Å². The lowest BCUT2D eigenvalue weighted by atomic mass is 10.1. The molecule has 1 aliphatic heterocycles. The average Bonchev–Trinajstić information content (AvgIpc) is 2.90. The molecule has 1 aromatic heterocycles. The highest BCUT2D eigenvalue weighted by Crippen LogP contribution is 2.27. The van der Waals surface area contributed by atoms with Crippen molar-refractivity contribution in [3.8, 4) is 11.4 Å². The van der Waals surface area contributed by atoms with Crippen LogP contribution < -0.4 is 4.90 Å². The van der Waals surface area contributed by atoms with E-state index in [1.807, 2.05) is 43.3 Å². The Morgan fingerprint density at radius 1 is 1.33 bits per heavy atom. The number of aliphatic carboxylic acids is 1. The van der Waals surface area contributed by atoms with Crippen molar-refractivity contribution < 1.29 is 9.90 Å². The van der Waals surface area contributed by atoms with Crippen LogP contribution in [0, 0.1) is 0 Å². The van der Waals surface area contributed by atoms with Gasteiger partial charge in [0.25, 0.3) is 0 Å². The molecule has 3 rings (SSSR count). The first kappa shape index (κ1) is 13.6. The van der Waals surface area contributed by atoms with E-state index in [0.717, 1.165) is 29.9 Å². The second-order valence-corrected chi connectivity index (χ2v) is 5.48. The molecule has 0 saturated carbocycles. The number of carboxylic acids is 1. The van der Waals surface area contributed by atoms with Crippen LogP contribution in [0.4, 0.5) is 5.69 Å². The maximum Gasteiger partial charge on any atom is 0.328 e. The number of hydrogen-bond acceptors (Lipinski definition) is 4. The number of aromatic nitrogens is 3. The third kappa shape index (κ3) is 2.49. The zero-order valence-corrected chi connectivity index (χ0v) is 12.2. The van der Waals surface area contributed by atoms with Crippen LogP contribution in [-0.4, -0.2) is 39.9 Å². The van der Waals surface area contributed by atoms with E-state index in [1.54, 1.807) is 4.68 Å². The Bertz CT molecular complexity index is 661. The minimum Gasteiger partial charge on any atom is -0.480 e. The molecule has 1 N–H and O–H groups in total. The molecule has 6 heteroatoms. The number of anilines is 1. The van der Waals surface area contributed by atoms with E-state index in [1.165, 1.54) is 0 Å². The van der Waals surface area contributed by atoms with Gasteiger partial charge in [-0.3, -0.25) is 0 Å². The lowest BCUT2D eigenvalue weighted by molar-refractivity contribution is -0.141. The molecule has 0 spiro atoms. The van der Waals surface area contributed by atoms with Crippen LogP contribution in [0.25, 0.3) is 11.4 Å². The number of hydrogen-bond donors (Lipinski definition) is 1.